The monoisotopic (exact) mass is 221 g/mol. The van der Waals surface area contributed by atoms with E-state index in [-0.39, 0.29) is 5.75 Å². The SMILES string of the molecule is CSc1csc2c(C#N)ccc(O)c12. The fourth-order valence-electron chi connectivity index (χ4n) is 1.34. The molecule has 1 N–H and O–H groups in total. The Bertz CT molecular complexity index is 525. The van der Waals surface area contributed by atoms with Gasteiger partial charge in [-0.05, 0) is 18.4 Å². The highest BCUT2D eigenvalue weighted by atomic mass is 32.2. The van der Waals surface area contributed by atoms with Crippen molar-refractivity contribution in [3.8, 4) is 11.8 Å². The quantitative estimate of drug-likeness (QED) is 0.752. The molecule has 0 aliphatic heterocycles. The van der Waals surface area contributed by atoms with E-state index in [4.69, 9.17) is 5.26 Å². The molecule has 0 bridgehead atoms. The Morgan fingerprint density at radius 1 is 1.50 bits per heavy atom. The molecule has 0 radical (unpaired) electrons. The van der Waals surface area contributed by atoms with Gasteiger partial charge in [-0.25, -0.2) is 0 Å². The van der Waals surface area contributed by atoms with Crippen molar-refractivity contribution in [2.75, 3.05) is 6.26 Å². The second kappa shape index (κ2) is 3.52. The van der Waals surface area contributed by atoms with Crippen molar-refractivity contribution in [3.63, 3.8) is 0 Å². The van der Waals surface area contributed by atoms with Crippen molar-refractivity contribution in [3.05, 3.63) is 23.1 Å². The first-order valence-electron chi connectivity index (χ1n) is 3.95. The number of fused-ring (bicyclic) bond motifs is 1. The van der Waals surface area contributed by atoms with Gasteiger partial charge in [-0.3, -0.25) is 0 Å². The second-order valence-electron chi connectivity index (χ2n) is 2.75. The second-order valence-corrected chi connectivity index (χ2v) is 4.48. The van der Waals surface area contributed by atoms with Gasteiger partial charge in [0.1, 0.15) is 11.8 Å². The molecule has 0 unspecified atom stereocenters. The van der Waals surface area contributed by atoms with Crippen molar-refractivity contribution in [1.82, 2.24) is 0 Å². The third-order valence-electron chi connectivity index (χ3n) is 2.01. The van der Waals surface area contributed by atoms with Gasteiger partial charge in [0.15, 0.2) is 0 Å². The molecule has 2 rings (SSSR count). The lowest BCUT2D eigenvalue weighted by atomic mass is 10.1. The zero-order valence-corrected chi connectivity index (χ0v) is 9.08. The molecule has 0 aliphatic rings. The van der Waals surface area contributed by atoms with E-state index >= 15 is 0 Å². The molecular formula is C10H7NOS2. The molecule has 4 heteroatoms. The van der Waals surface area contributed by atoms with Crippen LogP contribution in [0.15, 0.2) is 22.4 Å². The van der Waals surface area contributed by atoms with Crippen molar-refractivity contribution in [2.45, 2.75) is 4.90 Å². The fourth-order valence-corrected chi connectivity index (χ4v) is 3.26. The van der Waals surface area contributed by atoms with Gasteiger partial charge in [0.05, 0.1) is 10.3 Å². The number of thioether (sulfide) groups is 1. The third-order valence-corrected chi connectivity index (χ3v) is 3.93. The highest BCUT2D eigenvalue weighted by Gasteiger charge is 2.11. The van der Waals surface area contributed by atoms with Gasteiger partial charge in [0.25, 0.3) is 0 Å². The summed E-state index contributed by atoms with van der Waals surface area (Å²) in [4.78, 5) is 1.03. The van der Waals surface area contributed by atoms with E-state index in [0.717, 1.165) is 15.0 Å². The predicted molar refractivity (Wildman–Crippen MR) is 60.0 cm³/mol. The van der Waals surface area contributed by atoms with Gasteiger partial charge in [-0.2, -0.15) is 5.26 Å². The summed E-state index contributed by atoms with van der Waals surface area (Å²) in [6, 6.07) is 5.35. The number of thiophene rings is 1. The first-order valence-corrected chi connectivity index (χ1v) is 6.05. The molecule has 70 valence electrons. The summed E-state index contributed by atoms with van der Waals surface area (Å²) in [6.07, 6.45) is 1.96. The van der Waals surface area contributed by atoms with Crippen LogP contribution in [0.4, 0.5) is 0 Å². The summed E-state index contributed by atoms with van der Waals surface area (Å²) in [7, 11) is 0. The smallest absolute Gasteiger partial charge is 0.125 e. The Morgan fingerprint density at radius 3 is 2.93 bits per heavy atom. The number of nitriles is 1. The standard InChI is InChI=1S/C10H7NOS2/c1-13-8-5-14-10-6(4-11)2-3-7(12)9(8)10/h2-3,5,12H,1H3. The van der Waals surface area contributed by atoms with Crippen LogP contribution >= 0.6 is 23.1 Å². The van der Waals surface area contributed by atoms with Gasteiger partial charge in [-0.1, -0.05) is 0 Å². The maximum Gasteiger partial charge on any atom is 0.125 e. The Morgan fingerprint density at radius 2 is 2.29 bits per heavy atom. The summed E-state index contributed by atoms with van der Waals surface area (Å²) >= 11 is 3.08. The van der Waals surface area contributed by atoms with E-state index in [2.05, 4.69) is 6.07 Å². The van der Waals surface area contributed by atoms with Gasteiger partial charge >= 0.3 is 0 Å². The highest BCUT2D eigenvalue weighted by Crippen LogP contribution is 2.39. The van der Waals surface area contributed by atoms with E-state index in [1.807, 2.05) is 11.6 Å². The molecule has 1 heterocycles. The molecule has 1 aromatic heterocycles. The average Bonchev–Trinajstić information content (AvgIpc) is 2.63. The number of phenols is 1. The first kappa shape index (κ1) is 9.38. The van der Waals surface area contributed by atoms with E-state index in [9.17, 15) is 5.11 Å². The van der Waals surface area contributed by atoms with E-state index in [1.165, 1.54) is 11.3 Å². The maximum absolute atomic E-state index is 9.68. The molecular weight excluding hydrogens is 214 g/mol. The number of aromatic hydroxyl groups is 1. The zero-order chi connectivity index (χ0) is 10.1. The van der Waals surface area contributed by atoms with Crippen LogP contribution in [-0.4, -0.2) is 11.4 Å². The van der Waals surface area contributed by atoms with Crippen molar-refractivity contribution >= 4 is 33.2 Å². The molecule has 0 aliphatic carbocycles. The minimum atomic E-state index is 0.254. The molecule has 0 fully saturated rings. The Kier molecular flexibility index (Phi) is 2.36. The number of nitrogens with zero attached hydrogens (tertiary/aromatic N) is 1. The Labute approximate surface area is 89.8 Å². The molecule has 0 spiro atoms. The minimum absolute atomic E-state index is 0.254. The summed E-state index contributed by atoms with van der Waals surface area (Å²) < 4.78 is 0.872. The number of phenolic OH excluding ortho intramolecular Hbond substituents is 1. The van der Waals surface area contributed by atoms with Gasteiger partial charge < -0.3 is 5.11 Å². The van der Waals surface area contributed by atoms with Crippen LogP contribution in [-0.2, 0) is 0 Å². The molecule has 0 saturated carbocycles. The lowest BCUT2D eigenvalue weighted by Crippen LogP contribution is -1.75. The Balaban J connectivity index is 2.89. The van der Waals surface area contributed by atoms with E-state index < -0.39 is 0 Å². The molecule has 0 saturated heterocycles. The number of hydrogen-bond acceptors (Lipinski definition) is 4. The normalized spacial score (nSPS) is 10.3. The van der Waals surface area contributed by atoms with Gasteiger partial charge in [0.2, 0.25) is 0 Å². The molecule has 2 nitrogen and oxygen atoms in total. The van der Waals surface area contributed by atoms with Crippen LogP contribution in [0.3, 0.4) is 0 Å². The lowest BCUT2D eigenvalue weighted by Gasteiger charge is -1.98. The summed E-state index contributed by atoms with van der Waals surface area (Å²) in [5, 5.41) is 21.3. The average molecular weight is 221 g/mol. The summed E-state index contributed by atoms with van der Waals surface area (Å²) in [5.74, 6) is 0.254. The van der Waals surface area contributed by atoms with Crippen LogP contribution in [0.5, 0.6) is 5.75 Å². The van der Waals surface area contributed by atoms with Crippen molar-refractivity contribution < 1.29 is 5.11 Å². The first-order chi connectivity index (χ1) is 6.77. The fraction of sp³-hybridized carbons (Fsp3) is 0.100. The van der Waals surface area contributed by atoms with Crippen LogP contribution in [0.1, 0.15) is 5.56 Å². The van der Waals surface area contributed by atoms with E-state index in [1.54, 1.807) is 23.9 Å². The molecule has 2 aromatic rings. The third kappa shape index (κ3) is 1.26. The minimum Gasteiger partial charge on any atom is -0.507 e. The maximum atomic E-state index is 9.68. The van der Waals surface area contributed by atoms with Crippen molar-refractivity contribution in [2.24, 2.45) is 0 Å². The number of benzene rings is 1. The van der Waals surface area contributed by atoms with Crippen LogP contribution in [0, 0.1) is 11.3 Å². The lowest BCUT2D eigenvalue weighted by molar-refractivity contribution is 0.481. The van der Waals surface area contributed by atoms with Crippen LogP contribution in [0.2, 0.25) is 0 Å². The van der Waals surface area contributed by atoms with Crippen LogP contribution < -0.4 is 0 Å². The number of rotatable bonds is 1. The molecule has 0 atom stereocenters. The van der Waals surface area contributed by atoms with Crippen LogP contribution in [0.25, 0.3) is 10.1 Å². The van der Waals surface area contributed by atoms with Gasteiger partial charge in [0, 0.05) is 15.7 Å². The van der Waals surface area contributed by atoms with Gasteiger partial charge in [-0.15, -0.1) is 23.1 Å². The van der Waals surface area contributed by atoms with E-state index in [0.29, 0.717) is 5.56 Å². The summed E-state index contributed by atoms with van der Waals surface area (Å²) in [5.41, 5.74) is 0.628. The molecule has 14 heavy (non-hydrogen) atoms. The largest absolute Gasteiger partial charge is 0.507 e. The topological polar surface area (TPSA) is 44.0 Å². The Hall–Kier alpha value is -1.18. The number of hydrogen-bond donors (Lipinski definition) is 1. The summed E-state index contributed by atoms with van der Waals surface area (Å²) in [6.45, 7) is 0. The molecule has 0 amide bonds. The highest BCUT2D eigenvalue weighted by molar-refractivity contribution is 7.99. The zero-order valence-electron chi connectivity index (χ0n) is 7.44. The predicted octanol–water partition coefficient (Wildman–Crippen LogP) is 3.20. The van der Waals surface area contributed by atoms with Crippen molar-refractivity contribution in [1.29, 1.82) is 5.26 Å². The molecule has 1 aromatic carbocycles.